The Hall–Kier alpha value is -1.93. The van der Waals surface area contributed by atoms with E-state index in [-0.39, 0.29) is 17.6 Å². The lowest BCUT2D eigenvalue weighted by Crippen LogP contribution is -2.47. The van der Waals surface area contributed by atoms with E-state index in [1.807, 2.05) is 38.7 Å². The van der Waals surface area contributed by atoms with Gasteiger partial charge in [0.15, 0.2) is 0 Å². The van der Waals surface area contributed by atoms with Crippen molar-refractivity contribution in [3.05, 3.63) is 23.8 Å². The Morgan fingerprint density at radius 2 is 2.16 bits per heavy atom. The Morgan fingerprint density at radius 3 is 2.76 bits per heavy atom. The number of hydrogen-bond acceptors (Lipinski definition) is 7. The highest BCUT2D eigenvalue weighted by Gasteiger charge is 2.34. The second-order valence-electron chi connectivity index (χ2n) is 7.48. The average Bonchev–Trinajstić information content (AvgIpc) is 3.21. The molecule has 8 nitrogen and oxygen atoms in total. The monoisotopic (exact) mass is 348 g/mol. The van der Waals surface area contributed by atoms with Gasteiger partial charge in [-0.15, -0.1) is 0 Å². The molecule has 138 valence electrons. The zero-order chi connectivity index (χ0) is 18.0. The second-order valence-corrected chi connectivity index (χ2v) is 7.48. The molecular weight excluding hydrogens is 320 g/mol. The number of nitrogens with zero attached hydrogens (tertiary/aromatic N) is 5. The van der Waals surface area contributed by atoms with Crippen LogP contribution in [0.3, 0.4) is 0 Å². The quantitative estimate of drug-likeness (QED) is 0.885. The van der Waals surface area contributed by atoms with Gasteiger partial charge in [-0.1, -0.05) is 27.7 Å². The van der Waals surface area contributed by atoms with Crippen LogP contribution in [0.4, 0.5) is 5.95 Å². The van der Waals surface area contributed by atoms with Crippen LogP contribution in [0.2, 0.25) is 0 Å². The molecule has 2 aromatic heterocycles. The average molecular weight is 348 g/mol. The van der Waals surface area contributed by atoms with Crippen LogP contribution in [0.25, 0.3) is 0 Å². The van der Waals surface area contributed by atoms with Gasteiger partial charge in [0.25, 0.3) is 5.95 Å². The summed E-state index contributed by atoms with van der Waals surface area (Å²) in [5.74, 6) is 1.13. The molecule has 3 heterocycles. The number of nitrogens with one attached hydrogen (secondary N) is 1. The van der Waals surface area contributed by atoms with Crippen molar-refractivity contribution < 1.29 is 9.26 Å². The molecule has 0 aromatic carbocycles. The van der Waals surface area contributed by atoms with Crippen LogP contribution in [0.15, 0.2) is 16.9 Å². The maximum absolute atomic E-state index is 6.05. The van der Waals surface area contributed by atoms with Gasteiger partial charge in [0, 0.05) is 37.3 Å². The summed E-state index contributed by atoms with van der Waals surface area (Å²) in [6, 6.07) is 0.161. The highest BCUT2D eigenvalue weighted by Crippen LogP contribution is 2.29. The molecule has 3 rings (SSSR count). The molecule has 2 atom stereocenters. The maximum atomic E-state index is 6.05. The smallest absolute Gasteiger partial charge is 0.263 e. The number of aryl methyl sites for hydroxylation is 1. The van der Waals surface area contributed by atoms with E-state index in [1.54, 1.807) is 0 Å². The van der Waals surface area contributed by atoms with Gasteiger partial charge in [-0.25, -0.2) is 0 Å². The third-order valence-electron chi connectivity index (χ3n) is 4.46. The molecule has 8 heteroatoms. The topological polar surface area (TPSA) is 81.2 Å². The number of hydrogen-bond donors (Lipinski definition) is 1. The van der Waals surface area contributed by atoms with Gasteiger partial charge in [-0.3, -0.25) is 9.58 Å². The van der Waals surface area contributed by atoms with Crippen LogP contribution in [-0.2, 0) is 17.2 Å². The van der Waals surface area contributed by atoms with Gasteiger partial charge >= 0.3 is 0 Å². The van der Waals surface area contributed by atoms with Gasteiger partial charge in [-0.05, 0) is 11.7 Å². The molecule has 0 aliphatic carbocycles. The van der Waals surface area contributed by atoms with Crippen molar-refractivity contribution in [2.24, 2.45) is 7.05 Å². The van der Waals surface area contributed by atoms with Crippen LogP contribution >= 0.6 is 0 Å². The molecule has 1 fully saturated rings. The van der Waals surface area contributed by atoms with Crippen molar-refractivity contribution in [3.8, 4) is 0 Å². The summed E-state index contributed by atoms with van der Waals surface area (Å²) in [6.45, 7) is 11.5. The van der Waals surface area contributed by atoms with Crippen LogP contribution in [0.5, 0.6) is 0 Å². The van der Waals surface area contributed by atoms with E-state index in [4.69, 9.17) is 9.26 Å². The van der Waals surface area contributed by atoms with Crippen LogP contribution in [-0.4, -0.2) is 57.2 Å². The molecule has 2 aromatic rings. The zero-order valence-electron chi connectivity index (χ0n) is 15.7. The molecule has 25 heavy (non-hydrogen) atoms. The normalized spacial score (nSPS) is 22.3. The Morgan fingerprint density at radius 1 is 1.36 bits per heavy atom. The number of anilines is 1. The predicted octanol–water partition coefficient (Wildman–Crippen LogP) is 1.97. The maximum Gasteiger partial charge on any atom is 0.263 e. The van der Waals surface area contributed by atoms with Gasteiger partial charge < -0.3 is 14.6 Å². The van der Waals surface area contributed by atoms with E-state index in [0.717, 1.165) is 19.7 Å². The summed E-state index contributed by atoms with van der Waals surface area (Å²) in [7, 11) is 1.93. The minimum absolute atomic E-state index is 0.00510. The van der Waals surface area contributed by atoms with E-state index in [0.29, 0.717) is 18.4 Å². The third kappa shape index (κ3) is 4.01. The summed E-state index contributed by atoms with van der Waals surface area (Å²) in [5.41, 5.74) is 1.00. The summed E-state index contributed by atoms with van der Waals surface area (Å²) >= 11 is 0. The van der Waals surface area contributed by atoms with Crippen molar-refractivity contribution in [1.82, 2.24) is 24.8 Å². The first-order chi connectivity index (χ1) is 11.9. The molecule has 0 spiro atoms. The molecule has 0 saturated carbocycles. The summed E-state index contributed by atoms with van der Waals surface area (Å²) < 4.78 is 13.2. The Balaban J connectivity index is 1.71. The first-order valence-corrected chi connectivity index (χ1v) is 8.80. The Kier molecular flexibility index (Phi) is 5.10. The Bertz CT molecular complexity index is 689. The van der Waals surface area contributed by atoms with Crippen LogP contribution < -0.4 is 5.32 Å². The van der Waals surface area contributed by atoms with E-state index in [9.17, 15) is 0 Å². The summed E-state index contributed by atoms with van der Waals surface area (Å²) in [5, 5.41) is 11.6. The molecule has 0 unspecified atom stereocenters. The van der Waals surface area contributed by atoms with Crippen molar-refractivity contribution in [1.29, 1.82) is 0 Å². The largest absolute Gasteiger partial charge is 0.373 e. The number of likely N-dealkylation sites (N-methyl/N-ethyl adjacent to an activating group) is 1. The molecule has 1 aliphatic rings. The Labute approximate surface area is 148 Å². The van der Waals surface area contributed by atoms with Gasteiger partial charge in [0.1, 0.15) is 0 Å². The van der Waals surface area contributed by atoms with E-state index in [2.05, 4.69) is 38.6 Å². The standard InChI is InChI=1S/C17H28N6O2/c1-6-23-7-8-24-13(14(23)12-9-19-22(5)11-12)10-18-16-20-15(25-21-16)17(2,3)4/h9,11,13-14H,6-8,10H2,1-5H3,(H,18,21)/t13-,14-/m0/s1. The number of ether oxygens (including phenoxy) is 1. The first kappa shape index (κ1) is 17.9. The van der Waals surface area contributed by atoms with E-state index in [1.165, 1.54) is 5.56 Å². The minimum atomic E-state index is -0.161. The summed E-state index contributed by atoms with van der Waals surface area (Å²) in [4.78, 5) is 6.85. The molecular formula is C17H28N6O2. The molecule has 1 N–H and O–H groups in total. The van der Waals surface area contributed by atoms with E-state index < -0.39 is 0 Å². The molecule has 0 radical (unpaired) electrons. The van der Waals surface area contributed by atoms with Gasteiger partial charge in [-0.2, -0.15) is 10.1 Å². The predicted molar refractivity (Wildman–Crippen MR) is 94.4 cm³/mol. The lowest BCUT2D eigenvalue weighted by molar-refractivity contribution is -0.0640. The van der Waals surface area contributed by atoms with Crippen molar-refractivity contribution in [3.63, 3.8) is 0 Å². The van der Waals surface area contributed by atoms with Crippen molar-refractivity contribution >= 4 is 5.95 Å². The van der Waals surface area contributed by atoms with Crippen LogP contribution in [0, 0.1) is 0 Å². The third-order valence-corrected chi connectivity index (χ3v) is 4.46. The first-order valence-electron chi connectivity index (χ1n) is 8.80. The van der Waals surface area contributed by atoms with Gasteiger partial charge in [0.2, 0.25) is 5.89 Å². The van der Waals surface area contributed by atoms with Crippen molar-refractivity contribution in [2.75, 3.05) is 31.6 Å². The second kappa shape index (κ2) is 7.13. The lowest BCUT2D eigenvalue weighted by Gasteiger charge is -2.40. The van der Waals surface area contributed by atoms with E-state index >= 15 is 0 Å². The SMILES string of the molecule is CCN1CCO[C@@H](CNc2noc(C(C)(C)C)n2)[C@@H]1c1cnn(C)c1. The fourth-order valence-corrected chi connectivity index (χ4v) is 3.12. The van der Waals surface area contributed by atoms with Crippen LogP contribution in [0.1, 0.15) is 45.2 Å². The number of morpholine rings is 1. The number of aromatic nitrogens is 4. The summed E-state index contributed by atoms with van der Waals surface area (Å²) in [6.07, 6.45) is 3.97. The van der Waals surface area contributed by atoms with Crippen molar-refractivity contribution in [2.45, 2.75) is 45.3 Å². The highest BCUT2D eigenvalue weighted by atomic mass is 16.5. The fraction of sp³-hybridized carbons (Fsp3) is 0.706. The van der Waals surface area contributed by atoms with Gasteiger partial charge in [0.05, 0.1) is 24.9 Å². The zero-order valence-corrected chi connectivity index (χ0v) is 15.7. The minimum Gasteiger partial charge on any atom is -0.373 e. The number of rotatable bonds is 5. The fourth-order valence-electron chi connectivity index (χ4n) is 3.12. The molecule has 1 aliphatic heterocycles. The molecule has 0 amide bonds. The lowest BCUT2D eigenvalue weighted by atomic mass is 9.97. The molecule has 0 bridgehead atoms. The molecule has 1 saturated heterocycles. The highest BCUT2D eigenvalue weighted by molar-refractivity contribution is 5.24.